The Morgan fingerprint density at radius 1 is 1.20 bits per heavy atom. The van der Waals surface area contributed by atoms with Crippen LogP contribution in [0.25, 0.3) is 0 Å². The molecular weight excluding hydrogens is 255 g/mol. The van der Waals surface area contributed by atoms with E-state index in [4.69, 9.17) is 4.74 Å². The first-order chi connectivity index (χ1) is 9.61. The lowest BCUT2D eigenvalue weighted by atomic mass is 9.99. The number of ketones is 1. The summed E-state index contributed by atoms with van der Waals surface area (Å²) in [6, 6.07) is 12.2. The molecule has 0 aliphatic carbocycles. The Hall–Kier alpha value is -2.16. The smallest absolute Gasteiger partial charge is 0.166 e. The van der Waals surface area contributed by atoms with Crippen LogP contribution in [-0.4, -0.2) is 12.9 Å². The Morgan fingerprint density at radius 3 is 2.60 bits per heavy atom. The molecular formula is C17H17FO2. The topological polar surface area (TPSA) is 26.3 Å². The van der Waals surface area contributed by atoms with E-state index < -0.39 is 5.82 Å². The number of aryl methyl sites for hydroxylation is 2. The second kappa shape index (κ2) is 6.33. The highest BCUT2D eigenvalue weighted by atomic mass is 19.1. The summed E-state index contributed by atoms with van der Waals surface area (Å²) >= 11 is 0. The van der Waals surface area contributed by atoms with Gasteiger partial charge in [-0.3, -0.25) is 4.79 Å². The number of carbonyl (C=O) groups is 1. The molecule has 0 N–H and O–H groups in total. The van der Waals surface area contributed by atoms with E-state index in [9.17, 15) is 9.18 Å². The van der Waals surface area contributed by atoms with Gasteiger partial charge in [0.1, 0.15) is 11.6 Å². The van der Waals surface area contributed by atoms with Crippen molar-refractivity contribution in [2.75, 3.05) is 7.11 Å². The molecule has 20 heavy (non-hydrogen) atoms. The van der Waals surface area contributed by atoms with Crippen molar-refractivity contribution < 1.29 is 13.9 Å². The fraction of sp³-hybridized carbons (Fsp3) is 0.235. The van der Waals surface area contributed by atoms with Gasteiger partial charge in [0.05, 0.1) is 12.7 Å². The lowest BCUT2D eigenvalue weighted by Crippen LogP contribution is -2.05. The minimum absolute atomic E-state index is 0.124. The fourth-order valence-corrected chi connectivity index (χ4v) is 2.12. The van der Waals surface area contributed by atoms with Gasteiger partial charge in [0.2, 0.25) is 0 Å². The van der Waals surface area contributed by atoms with Crippen molar-refractivity contribution in [2.24, 2.45) is 0 Å². The van der Waals surface area contributed by atoms with Crippen LogP contribution in [-0.2, 0) is 6.42 Å². The highest BCUT2D eigenvalue weighted by Crippen LogP contribution is 2.19. The van der Waals surface area contributed by atoms with Crippen molar-refractivity contribution in [1.29, 1.82) is 0 Å². The average molecular weight is 272 g/mol. The first-order valence-corrected chi connectivity index (χ1v) is 6.53. The lowest BCUT2D eigenvalue weighted by Gasteiger charge is -2.07. The van der Waals surface area contributed by atoms with Crippen LogP contribution < -0.4 is 4.74 Å². The number of methoxy groups -OCH3 is 1. The van der Waals surface area contributed by atoms with Gasteiger partial charge >= 0.3 is 0 Å². The third-order valence-corrected chi connectivity index (χ3v) is 3.36. The van der Waals surface area contributed by atoms with Gasteiger partial charge in [-0.25, -0.2) is 4.39 Å². The molecule has 0 atom stereocenters. The van der Waals surface area contributed by atoms with Gasteiger partial charge in [-0.05, 0) is 36.6 Å². The van der Waals surface area contributed by atoms with Crippen molar-refractivity contribution >= 4 is 5.78 Å². The first kappa shape index (κ1) is 14.3. The molecule has 2 rings (SSSR count). The third kappa shape index (κ3) is 3.23. The fourth-order valence-electron chi connectivity index (χ4n) is 2.12. The van der Waals surface area contributed by atoms with Gasteiger partial charge in [0, 0.05) is 12.5 Å². The molecule has 0 amide bonds. The molecule has 2 nitrogen and oxygen atoms in total. The first-order valence-electron chi connectivity index (χ1n) is 6.53. The molecule has 0 aliphatic rings. The average Bonchev–Trinajstić information content (AvgIpc) is 2.46. The van der Waals surface area contributed by atoms with Crippen LogP contribution >= 0.6 is 0 Å². The van der Waals surface area contributed by atoms with Gasteiger partial charge in [-0.1, -0.05) is 24.3 Å². The SMILES string of the molecule is COc1ccc(C(=O)CCc2ccccc2C)c(F)c1. The Balaban J connectivity index is 2.07. The standard InChI is InChI=1S/C17H17FO2/c1-12-5-3-4-6-13(12)7-10-17(19)15-9-8-14(20-2)11-16(15)18/h3-6,8-9,11H,7,10H2,1-2H3. The number of hydrogen-bond acceptors (Lipinski definition) is 2. The molecule has 2 aromatic rings. The van der Waals surface area contributed by atoms with E-state index in [2.05, 4.69) is 0 Å². The van der Waals surface area contributed by atoms with Gasteiger partial charge in [0.15, 0.2) is 5.78 Å². The quantitative estimate of drug-likeness (QED) is 0.770. The Bertz CT molecular complexity index is 620. The van der Waals surface area contributed by atoms with E-state index in [0.717, 1.165) is 11.1 Å². The number of hydrogen-bond donors (Lipinski definition) is 0. The van der Waals surface area contributed by atoms with E-state index >= 15 is 0 Å². The van der Waals surface area contributed by atoms with Crippen molar-refractivity contribution in [3.8, 4) is 5.75 Å². The summed E-state index contributed by atoms with van der Waals surface area (Å²) in [5, 5.41) is 0. The highest BCUT2D eigenvalue weighted by Gasteiger charge is 2.13. The van der Waals surface area contributed by atoms with Crippen molar-refractivity contribution in [2.45, 2.75) is 19.8 Å². The van der Waals surface area contributed by atoms with E-state index in [1.807, 2.05) is 31.2 Å². The highest BCUT2D eigenvalue weighted by molar-refractivity contribution is 5.96. The van der Waals surface area contributed by atoms with Gasteiger partial charge in [-0.2, -0.15) is 0 Å². The minimum atomic E-state index is -0.529. The van der Waals surface area contributed by atoms with Gasteiger partial charge in [0.25, 0.3) is 0 Å². The maximum absolute atomic E-state index is 13.8. The zero-order chi connectivity index (χ0) is 14.5. The molecule has 2 aromatic carbocycles. The Kier molecular flexibility index (Phi) is 4.51. The summed E-state index contributed by atoms with van der Waals surface area (Å²) < 4.78 is 18.7. The molecule has 3 heteroatoms. The summed E-state index contributed by atoms with van der Waals surface area (Å²) in [6.45, 7) is 2.01. The molecule has 0 heterocycles. The molecule has 0 saturated carbocycles. The van der Waals surface area contributed by atoms with Crippen LogP contribution in [0.15, 0.2) is 42.5 Å². The van der Waals surface area contributed by atoms with Crippen LogP contribution in [0.4, 0.5) is 4.39 Å². The third-order valence-electron chi connectivity index (χ3n) is 3.36. The monoisotopic (exact) mass is 272 g/mol. The zero-order valence-corrected chi connectivity index (χ0v) is 11.7. The molecule has 0 spiro atoms. The lowest BCUT2D eigenvalue weighted by molar-refractivity contribution is 0.0979. The van der Waals surface area contributed by atoms with Gasteiger partial charge in [-0.15, -0.1) is 0 Å². The summed E-state index contributed by atoms with van der Waals surface area (Å²) in [5.74, 6) is -0.300. The van der Waals surface area contributed by atoms with Crippen LogP contribution in [0.5, 0.6) is 5.75 Å². The van der Waals surface area contributed by atoms with Crippen LogP contribution in [0.2, 0.25) is 0 Å². The predicted molar refractivity (Wildman–Crippen MR) is 76.8 cm³/mol. The number of benzene rings is 2. The number of Topliss-reactive ketones (excluding diaryl/α,β-unsaturated/α-hetero) is 1. The summed E-state index contributed by atoms with van der Waals surface area (Å²) in [7, 11) is 1.47. The van der Waals surface area contributed by atoms with Crippen LogP contribution in [0.1, 0.15) is 27.9 Å². The van der Waals surface area contributed by atoms with Crippen molar-refractivity contribution in [3.63, 3.8) is 0 Å². The summed E-state index contributed by atoms with van der Waals surface area (Å²) in [4.78, 5) is 12.1. The van der Waals surface area contributed by atoms with E-state index in [1.54, 1.807) is 6.07 Å². The van der Waals surface area contributed by atoms with E-state index in [-0.39, 0.29) is 11.3 Å². The number of carbonyl (C=O) groups excluding carboxylic acids is 1. The number of ether oxygens (including phenoxy) is 1. The second-order valence-electron chi connectivity index (χ2n) is 4.70. The summed E-state index contributed by atoms with van der Waals surface area (Å²) in [6.07, 6.45) is 0.922. The molecule has 0 fully saturated rings. The van der Waals surface area contributed by atoms with E-state index in [0.29, 0.717) is 18.6 Å². The van der Waals surface area contributed by atoms with Crippen LogP contribution in [0.3, 0.4) is 0 Å². The minimum Gasteiger partial charge on any atom is -0.497 e. The molecule has 0 bridgehead atoms. The Labute approximate surface area is 118 Å². The van der Waals surface area contributed by atoms with Crippen molar-refractivity contribution in [3.05, 3.63) is 65.0 Å². The number of rotatable bonds is 5. The maximum Gasteiger partial charge on any atom is 0.166 e. The van der Waals surface area contributed by atoms with E-state index in [1.165, 1.54) is 19.2 Å². The molecule has 0 unspecified atom stereocenters. The molecule has 0 aliphatic heterocycles. The summed E-state index contributed by atoms with van der Waals surface area (Å²) in [5.41, 5.74) is 2.39. The van der Waals surface area contributed by atoms with Crippen molar-refractivity contribution in [1.82, 2.24) is 0 Å². The molecule has 0 aromatic heterocycles. The normalized spacial score (nSPS) is 10.3. The molecule has 104 valence electrons. The van der Waals surface area contributed by atoms with Gasteiger partial charge < -0.3 is 4.74 Å². The largest absolute Gasteiger partial charge is 0.497 e. The second-order valence-corrected chi connectivity index (χ2v) is 4.70. The zero-order valence-electron chi connectivity index (χ0n) is 11.7. The number of halogens is 1. The van der Waals surface area contributed by atoms with Crippen LogP contribution in [0, 0.1) is 12.7 Å². The predicted octanol–water partition coefficient (Wildman–Crippen LogP) is 3.96. The Morgan fingerprint density at radius 2 is 1.95 bits per heavy atom. The molecule has 0 saturated heterocycles. The molecule has 0 radical (unpaired) electrons. The maximum atomic E-state index is 13.8.